The number of aromatic hydroxyl groups is 1. The molecule has 21 heavy (non-hydrogen) atoms. The summed E-state index contributed by atoms with van der Waals surface area (Å²) in [6, 6.07) is 10.7. The number of hydrogen-bond donors (Lipinski definition) is 2. The molecule has 2 aromatic rings. The van der Waals surface area contributed by atoms with E-state index in [-0.39, 0.29) is 5.75 Å². The van der Waals surface area contributed by atoms with E-state index in [1.807, 2.05) is 19.1 Å². The molecule has 0 spiro atoms. The van der Waals surface area contributed by atoms with E-state index < -0.39 is 0 Å². The molecule has 0 heterocycles. The zero-order chi connectivity index (χ0) is 15.2. The first-order valence-corrected chi connectivity index (χ1v) is 7.50. The molecule has 112 valence electrons. The number of phenols is 1. The number of ether oxygens (including phenoxy) is 1. The van der Waals surface area contributed by atoms with E-state index in [4.69, 9.17) is 27.9 Å². The fraction of sp³-hybridized carbons (Fsp3) is 0.250. The Morgan fingerprint density at radius 3 is 2.76 bits per heavy atom. The van der Waals surface area contributed by atoms with Gasteiger partial charge in [0, 0.05) is 17.1 Å². The number of nitrogens with one attached hydrogen (secondary N) is 1. The predicted molar refractivity (Wildman–Crippen MR) is 87.7 cm³/mol. The number of halogens is 2. The first-order chi connectivity index (χ1) is 10.1. The van der Waals surface area contributed by atoms with E-state index in [2.05, 4.69) is 5.32 Å². The maximum absolute atomic E-state index is 9.91. The number of anilines is 1. The smallest absolute Gasteiger partial charge is 0.142 e. The molecule has 0 aromatic heterocycles. The van der Waals surface area contributed by atoms with Crippen LogP contribution in [-0.2, 0) is 6.54 Å². The van der Waals surface area contributed by atoms with Gasteiger partial charge < -0.3 is 15.2 Å². The van der Waals surface area contributed by atoms with Gasteiger partial charge in [-0.25, -0.2) is 0 Å². The number of para-hydroxylation sites is 1. The molecule has 2 N–H and O–H groups in total. The largest absolute Gasteiger partial charge is 0.506 e. The van der Waals surface area contributed by atoms with E-state index >= 15 is 0 Å². The minimum atomic E-state index is 0.0877. The normalized spacial score (nSPS) is 10.4. The summed E-state index contributed by atoms with van der Waals surface area (Å²) in [5.41, 5.74) is 1.50. The average Bonchev–Trinajstić information content (AvgIpc) is 2.48. The fourth-order valence-electron chi connectivity index (χ4n) is 1.87. The Hall–Kier alpha value is -1.58. The highest BCUT2D eigenvalue weighted by Gasteiger charge is 2.08. The third-order valence-corrected chi connectivity index (χ3v) is 3.48. The summed E-state index contributed by atoms with van der Waals surface area (Å²) in [6.45, 7) is 3.11. The SMILES string of the molecule is CCCOc1ccc(Cl)cc1NCc1cccc(Cl)c1O. The topological polar surface area (TPSA) is 41.5 Å². The minimum absolute atomic E-state index is 0.0877. The second-order valence-corrected chi connectivity index (χ2v) is 5.43. The maximum Gasteiger partial charge on any atom is 0.142 e. The second-order valence-electron chi connectivity index (χ2n) is 4.59. The van der Waals surface area contributed by atoms with E-state index in [9.17, 15) is 5.11 Å². The molecule has 0 fully saturated rings. The monoisotopic (exact) mass is 325 g/mol. The Bertz CT molecular complexity index is 617. The van der Waals surface area contributed by atoms with E-state index in [0.717, 1.165) is 17.9 Å². The van der Waals surface area contributed by atoms with Crippen LogP contribution in [0.4, 0.5) is 5.69 Å². The van der Waals surface area contributed by atoms with Gasteiger partial charge in [0.1, 0.15) is 11.5 Å². The Labute approximate surface area is 134 Å². The van der Waals surface area contributed by atoms with Crippen molar-refractivity contribution < 1.29 is 9.84 Å². The van der Waals surface area contributed by atoms with Crippen molar-refractivity contribution in [2.75, 3.05) is 11.9 Å². The summed E-state index contributed by atoms with van der Waals surface area (Å²) in [6.07, 6.45) is 0.928. The Balaban J connectivity index is 2.15. The molecule has 0 aliphatic rings. The van der Waals surface area contributed by atoms with Gasteiger partial charge in [-0.15, -0.1) is 0 Å². The van der Waals surface area contributed by atoms with Gasteiger partial charge >= 0.3 is 0 Å². The number of benzene rings is 2. The van der Waals surface area contributed by atoms with Gasteiger partial charge in [-0.3, -0.25) is 0 Å². The van der Waals surface area contributed by atoms with Crippen LogP contribution in [0.15, 0.2) is 36.4 Å². The lowest BCUT2D eigenvalue weighted by atomic mass is 10.2. The number of rotatable bonds is 6. The van der Waals surface area contributed by atoms with E-state index in [1.54, 1.807) is 24.3 Å². The molecule has 3 nitrogen and oxygen atoms in total. The van der Waals surface area contributed by atoms with Crippen molar-refractivity contribution in [2.45, 2.75) is 19.9 Å². The molecule has 0 saturated carbocycles. The van der Waals surface area contributed by atoms with Crippen molar-refractivity contribution in [3.63, 3.8) is 0 Å². The first kappa shape index (κ1) is 15.8. The van der Waals surface area contributed by atoms with Crippen molar-refractivity contribution in [3.05, 3.63) is 52.0 Å². The first-order valence-electron chi connectivity index (χ1n) is 6.74. The zero-order valence-electron chi connectivity index (χ0n) is 11.7. The molecule has 0 saturated heterocycles. The summed E-state index contributed by atoms with van der Waals surface area (Å²) in [5.74, 6) is 0.826. The van der Waals surface area contributed by atoms with Crippen LogP contribution in [0.2, 0.25) is 10.0 Å². The Morgan fingerprint density at radius 2 is 2.00 bits per heavy atom. The molecule has 5 heteroatoms. The van der Waals surface area contributed by atoms with E-state index in [0.29, 0.717) is 28.8 Å². The van der Waals surface area contributed by atoms with Crippen LogP contribution in [0.5, 0.6) is 11.5 Å². The molecule has 0 aliphatic carbocycles. The van der Waals surface area contributed by atoms with Gasteiger partial charge in [0.05, 0.1) is 17.3 Å². The fourth-order valence-corrected chi connectivity index (χ4v) is 2.24. The van der Waals surface area contributed by atoms with Gasteiger partial charge in [-0.2, -0.15) is 0 Å². The highest BCUT2D eigenvalue weighted by atomic mass is 35.5. The van der Waals surface area contributed by atoms with Gasteiger partial charge in [-0.05, 0) is 30.7 Å². The average molecular weight is 326 g/mol. The number of hydrogen-bond acceptors (Lipinski definition) is 3. The molecule has 0 amide bonds. The van der Waals surface area contributed by atoms with Crippen molar-refractivity contribution >= 4 is 28.9 Å². The molecule has 0 atom stereocenters. The highest BCUT2D eigenvalue weighted by Crippen LogP contribution is 2.31. The molecule has 0 radical (unpaired) electrons. The summed E-state index contributed by atoms with van der Waals surface area (Å²) in [5, 5.41) is 14.1. The van der Waals surface area contributed by atoms with Crippen molar-refractivity contribution in [3.8, 4) is 11.5 Å². The van der Waals surface area contributed by atoms with E-state index in [1.165, 1.54) is 0 Å². The molecule has 0 aliphatic heterocycles. The lowest BCUT2D eigenvalue weighted by molar-refractivity contribution is 0.319. The van der Waals surface area contributed by atoms with Crippen molar-refractivity contribution in [1.82, 2.24) is 0 Å². The lowest BCUT2D eigenvalue weighted by Gasteiger charge is -2.14. The van der Waals surface area contributed by atoms with Crippen LogP contribution in [-0.4, -0.2) is 11.7 Å². The quantitative estimate of drug-likeness (QED) is 0.776. The van der Waals surface area contributed by atoms with Crippen LogP contribution in [0.3, 0.4) is 0 Å². The Kier molecular flexibility index (Phi) is 5.59. The summed E-state index contributed by atoms with van der Waals surface area (Å²) in [4.78, 5) is 0. The van der Waals surface area contributed by atoms with Crippen LogP contribution in [0, 0.1) is 0 Å². The third-order valence-electron chi connectivity index (χ3n) is 2.94. The predicted octanol–water partition coefficient (Wildman–Crippen LogP) is 5.10. The van der Waals surface area contributed by atoms with Crippen LogP contribution < -0.4 is 10.1 Å². The lowest BCUT2D eigenvalue weighted by Crippen LogP contribution is -2.04. The zero-order valence-corrected chi connectivity index (χ0v) is 13.2. The minimum Gasteiger partial charge on any atom is -0.506 e. The van der Waals surface area contributed by atoms with Gasteiger partial charge in [0.25, 0.3) is 0 Å². The molecule has 0 bridgehead atoms. The summed E-state index contributed by atoms with van der Waals surface area (Å²) in [7, 11) is 0. The second kappa shape index (κ2) is 7.43. The van der Waals surface area contributed by atoms with Crippen LogP contribution in [0.1, 0.15) is 18.9 Å². The number of phenolic OH excluding ortho intramolecular Hbond substituents is 1. The van der Waals surface area contributed by atoms with Crippen molar-refractivity contribution in [2.24, 2.45) is 0 Å². The Morgan fingerprint density at radius 1 is 1.19 bits per heavy atom. The van der Waals surface area contributed by atoms with Crippen molar-refractivity contribution in [1.29, 1.82) is 0 Å². The molecular weight excluding hydrogens is 309 g/mol. The third kappa shape index (κ3) is 4.19. The van der Waals surface area contributed by atoms with Gasteiger partial charge in [0.2, 0.25) is 0 Å². The van der Waals surface area contributed by atoms with Gasteiger partial charge in [0.15, 0.2) is 0 Å². The summed E-state index contributed by atoms with van der Waals surface area (Å²) >= 11 is 11.9. The van der Waals surface area contributed by atoms with Gasteiger partial charge in [-0.1, -0.05) is 42.3 Å². The molecule has 0 unspecified atom stereocenters. The standard InChI is InChI=1S/C16H17Cl2NO2/c1-2-8-21-15-7-6-12(17)9-14(15)19-10-11-4-3-5-13(18)16(11)20/h3-7,9,19-20H,2,8,10H2,1H3. The maximum atomic E-state index is 9.91. The summed E-state index contributed by atoms with van der Waals surface area (Å²) < 4.78 is 5.67. The van der Waals surface area contributed by atoms with Crippen LogP contribution in [0.25, 0.3) is 0 Å². The molecular formula is C16H17Cl2NO2. The molecule has 2 rings (SSSR count). The van der Waals surface area contributed by atoms with Crippen LogP contribution >= 0.6 is 23.2 Å². The molecule has 2 aromatic carbocycles. The highest BCUT2D eigenvalue weighted by molar-refractivity contribution is 6.32.